The molecule has 7 nitrogen and oxygen atoms in total. The summed E-state index contributed by atoms with van der Waals surface area (Å²) in [5.74, 6) is -0.354. The third-order valence-electron chi connectivity index (χ3n) is 3.64. The lowest BCUT2D eigenvalue weighted by Crippen LogP contribution is -2.48. The van der Waals surface area contributed by atoms with Crippen molar-refractivity contribution in [3.8, 4) is 0 Å². The summed E-state index contributed by atoms with van der Waals surface area (Å²) in [6.07, 6.45) is 6.45. The molecule has 1 unspecified atom stereocenters. The molecule has 0 aliphatic carbocycles. The average molecular weight is 293 g/mol. The highest BCUT2D eigenvalue weighted by Gasteiger charge is 2.24. The molecule has 1 aliphatic heterocycles. The van der Waals surface area contributed by atoms with Gasteiger partial charge in [0.1, 0.15) is 11.7 Å². The Morgan fingerprint density at radius 1 is 1.38 bits per heavy atom. The molecular weight excluding hydrogens is 270 g/mol. The second kappa shape index (κ2) is 7.21. The van der Waals surface area contributed by atoms with Crippen LogP contribution in [-0.2, 0) is 11.3 Å². The van der Waals surface area contributed by atoms with Crippen molar-refractivity contribution in [3.05, 3.63) is 18.2 Å². The summed E-state index contributed by atoms with van der Waals surface area (Å²) >= 11 is 0. The Labute approximate surface area is 124 Å². The number of likely N-dealkylation sites (tertiary alicyclic amines) is 1. The van der Waals surface area contributed by atoms with E-state index in [1.807, 2.05) is 4.90 Å². The molecule has 0 bridgehead atoms. The number of imidazole rings is 1. The van der Waals surface area contributed by atoms with E-state index >= 15 is 0 Å². The molecule has 1 atom stereocenters. The van der Waals surface area contributed by atoms with Gasteiger partial charge in [0.15, 0.2) is 0 Å². The second-order valence-electron chi connectivity index (χ2n) is 5.37. The Hall–Kier alpha value is -1.89. The summed E-state index contributed by atoms with van der Waals surface area (Å²) in [5, 5.41) is 2.71. The van der Waals surface area contributed by atoms with Crippen molar-refractivity contribution in [2.75, 3.05) is 19.6 Å². The van der Waals surface area contributed by atoms with E-state index in [4.69, 9.17) is 5.73 Å². The first-order valence-electron chi connectivity index (χ1n) is 7.43. The fourth-order valence-corrected chi connectivity index (χ4v) is 2.47. The van der Waals surface area contributed by atoms with Gasteiger partial charge in [-0.2, -0.15) is 0 Å². The minimum absolute atomic E-state index is 0.0237. The Morgan fingerprint density at radius 2 is 2.10 bits per heavy atom. The molecule has 116 valence electrons. The molecule has 2 heterocycles. The van der Waals surface area contributed by atoms with Gasteiger partial charge in [0.25, 0.3) is 5.91 Å². The first kappa shape index (κ1) is 15.5. The molecule has 2 rings (SSSR count). The maximum absolute atomic E-state index is 12.2. The predicted octanol–water partition coefficient (Wildman–Crippen LogP) is -0.0274. The smallest absolute Gasteiger partial charge is 0.272 e. The third kappa shape index (κ3) is 4.04. The van der Waals surface area contributed by atoms with Gasteiger partial charge in [0.05, 0.1) is 6.33 Å². The monoisotopic (exact) mass is 293 g/mol. The molecule has 1 fully saturated rings. The fraction of sp³-hybridized carbons (Fsp3) is 0.643. The van der Waals surface area contributed by atoms with Crippen LogP contribution in [-0.4, -0.2) is 51.9 Å². The summed E-state index contributed by atoms with van der Waals surface area (Å²) in [5.41, 5.74) is 5.76. The number of amides is 2. The number of nitrogens with one attached hydrogen (secondary N) is 1. The van der Waals surface area contributed by atoms with Crippen molar-refractivity contribution in [1.82, 2.24) is 19.8 Å². The normalized spacial score (nSPS) is 16.6. The molecule has 3 N–H and O–H groups in total. The molecule has 1 aromatic rings. The van der Waals surface area contributed by atoms with Gasteiger partial charge in [-0.1, -0.05) is 0 Å². The lowest BCUT2D eigenvalue weighted by molar-refractivity contribution is -0.133. The Kier molecular flexibility index (Phi) is 5.32. The minimum atomic E-state index is -0.532. The number of rotatable bonds is 5. The van der Waals surface area contributed by atoms with Crippen LogP contribution in [0.4, 0.5) is 0 Å². The van der Waals surface area contributed by atoms with E-state index in [0.717, 1.165) is 25.9 Å². The number of nitrogens with zero attached hydrogens (tertiary/aromatic N) is 3. The lowest BCUT2D eigenvalue weighted by atomic mass is 10.1. The van der Waals surface area contributed by atoms with E-state index in [0.29, 0.717) is 18.8 Å². The number of nitrogens with two attached hydrogens (primary N) is 1. The van der Waals surface area contributed by atoms with Crippen LogP contribution in [0.1, 0.15) is 36.7 Å². The quantitative estimate of drug-likeness (QED) is 0.797. The van der Waals surface area contributed by atoms with E-state index in [1.165, 1.54) is 6.42 Å². The lowest BCUT2D eigenvalue weighted by Gasteiger charge is -2.29. The molecule has 0 aromatic carbocycles. The standard InChI is InChI=1S/C14H23N5O2/c1-11(14(21)19-6-3-2-4-7-19)17-13(20)12-9-18(8-5-15)10-16-12/h9-11H,2-8,15H2,1H3,(H,17,20). The number of carbonyl (C=O) groups is 2. The van der Waals surface area contributed by atoms with Crippen molar-refractivity contribution >= 4 is 11.8 Å². The molecule has 0 radical (unpaired) electrons. The van der Waals surface area contributed by atoms with E-state index in [2.05, 4.69) is 10.3 Å². The van der Waals surface area contributed by atoms with E-state index in [1.54, 1.807) is 24.0 Å². The van der Waals surface area contributed by atoms with E-state index in [9.17, 15) is 9.59 Å². The summed E-state index contributed by atoms with van der Waals surface area (Å²) in [7, 11) is 0. The van der Waals surface area contributed by atoms with Gasteiger partial charge in [-0.05, 0) is 26.2 Å². The topological polar surface area (TPSA) is 93.2 Å². The van der Waals surface area contributed by atoms with Crippen molar-refractivity contribution in [1.29, 1.82) is 0 Å². The van der Waals surface area contributed by atoms with Crippen molar-refractivity contribution in [2.45, 2.75) is 38.8 Å². The Bertz CT molecular complexity index is 493. The zero-order valence-corrected chi connectivity index (χ0v) is 12.4. The van der Waals surface area contributed by atoms with Crippen LogP contribution in [0.2, 0.25) is 0 Å². The molecule has 0 saturated carbocycles. The summed E-state index contributed by atoms with van der Waals surface area (Å²) < 4.78 is 1.76. The predicted molar refractivity (Wildman–Crippen MR) is 78.6 cm³/mol. The molecule has 1 saturated heterocycles. The minimum Gasteiger partial charge on any atom is -0.341 e. The average Bonchev–Trinajstić information content (AvgIpc) is 2.96. The van der Waals surface area contributed by atoms with Gasteiger partial charge in [-0.25, -0.2) is 4.98 Å². The van der Waals surface area contributed by atoms with Gasteiger partial charge in [0.2, 0.25) is 5.91 Å². The highest BCUT2D eigenvalue weighted by molar-refractivity contribution is 5.95. The zero-order valence-electron chi connectivity index (χ0n) is 12.4. The van der Waals surface area contributed by atoms with Crippen LogP contribution in [0.5, 0.6) is 0 Å². The summed E-state index contributed by atoms with van der Waals surface area (Å²) in [6.45, 7) is 4.38. The first-order valence-corrected chi connectivity index (χ1v) is 7.43. The van der Waals surface area contributed by atoms with Gasteiger partial charge in [0, 0.05) is 32.4 Å². The number of carbonyl (C=O) groups excluding carboxylic acids is 2. The van der Waals surface area contributed by atoms with Crippen molar-refractivity contribution < 1.29 is 9.59 Å². The summed E-state index contributed by atoms with van der Waals surface area (Å²) in [4.78, 5) is 30.2. The SMILES string of the molecule is CC(NC(=O)c1cn(CCN)cn1)C(=O)N1CCCCC1. The molecule has 7 heteroatoms. The Balaban J connectivity index is 1.89. The van der Waals surface area contributed by atoms with Crippen LogP contribution >= 0.6 is 0 Å². The highest BCUT2D eigenvalue weighted by Crippen LogP contribution is 2.10. The zero-order chi connectivity index (χ0) is 15.2. The first-order chi connectivity index (χ1) is 10.1. The largest absolute Gasteiger partial charge is 0.341 e. The molecular formula is C14H23N5O2. The van der Waals surface area contributed by atoms with Gasteiger partial charge in [-0.3, -0.25) is 9.59 Å². The number of hydrogen-bond acceptors (Lipinski definition) is 4. The van der Waals surface area contributed by atoms with Gasteiger partial charge >= 0.3 is 0 Å². The van der Waals surface area contributed by atoms with Crippen LogP contribution in [0.15, 0.2) is 12.5 Å². The molecule has 0 spiro atoms. The highest BCUT2D eigenvalue weighted by atomic mass is 16.2. The fourth-order valence-electron chi connectivity index (χ4n) is 2.47. The molecule has 21 heavy (non-hydrogen) atoms. The van der Waals surface area contributed by atoms with Crippen LogP contribution in [0.25, 0.3) is 0 Å². The van der Waals surface area contributed by atoms with E-state index in [-0.39, 0.29) is 11.8 Å². The molecule has 2 amide bonds. The van der Waals surface area contributed by atoms with Crippen molar-refractivity contribution in [2.24, 2.45) is 5.73 Å². The second-order valence-corrected chi connectivity index (χ2v) is 5.37. The maximum atomic E-state index is 12.2. The van der Waals surface area contributed by atoms with Crippen LogP contribution in [0.3, 0.4) is 0 Å². The Morgan fingerprint density at radius 3 is 2.76 bits per heavy atom. The number of hydrogen-bond donors (Lipinski definition) is 2. The van der Waals surface area contributed by atoms with Gasteiger partial charge < -0.3 is 20.5 Å². The third-order valence-corrected chi connectivity index (χ3v) is 3.64. The summed E-state index contributed by atoms with van der Waals surface area (Å²) in [6, 6.07) is -0.532. The van der Waals surface area contributed by atoms with Crippen LogP contribution < -0.4 is 11.1 Å². The van der Waals surface area contributed by atoms with Crippen molar-refractivity contribution in [3.63, 3.8) is 0 Å². The number of aromatic nitrogens is 2. The number of piperidine rings is 1. The van der Waals surface area contributed by atoms with E-state index < -0.39 is 6.04 Å². The van der Waals surface area contributed by atoms with Crippen LogP contribution in [0, 0.1) is 0 Å². The molecule has 1 aliphatic rings. The van der Waals surface area contributed by atoms with Gasteiger partial charge in [-0.15, -0.1) is 0 Å². The maximum Gasteiger partial charge on any atom is 0.272 e. The molecule has 1 aromatic heterocycles.